The predicted octanol–water partition coefficient (Wildman–Crippen LogP) is 1.24. The molecule has 0 fully saturated rings. The summed E-state index contributed by atoms with van der Waals surface area (Å²) >= 11 is 0. The number of nitrogens with one attached hydrogen (secondary N) is 2. The minimum absolute atomic E-state index is 0.0110. The summed E-state index contributed by atoms with van der Waals surface area (Å²) in [6.45, 7) is 0.994. The Morgan fingerprint density at radius 1 is 1.53 bits per heavy atom. The van der Waals surface area contributed by atoms with Crippen LogP contribution in [0.5, 0.6) is 11.5 Å². The van der Waals surface area contributed by atoms with Gasteiger partial charge in [0.25, 0.3) is 0 Å². The van der Waals surface area contributed by atoms with E-state index >= 15 is 0 Å². The van der Waals surface area contributed by atoms with Crippen LogP contribution in [0.15, 0.2) is 18.2 Å². The first-order chi connectivity index (χ1) is 9.24. The van der Waals surface area contributed by atoms with E-state index in [1.807, 2.05) is 18.2 Å². The van der Waals surface area contributed by atoms with E-state index in [0.29, 0.717) is 13.2 Å². The summed E-state index contributed by atoms with van der Waals surface area (Å²) in [5.74, 6) is 1.59. The molecule has 0 bridgehead atoms. The Hall–Kier alpha value is -1.75. The Morgan fingerprint density at radius 2 is 2.37 bits per heavy atom. The van der Waals surface area contributed by atoms with Crippen LogP contribution in [0.2, 0.25) is 0 Å². The number of amides is 1. The van der Waals surface area contributed by atoms with E-state index in [2.05, 4.69) is 10.6 Å². The maximum Gasteiger partial charge on any atom is 0.234 e. The lowest BCUT2D eigenvalue weighted by atomic mass is 10.0. The molecule has 1 aromatic rings. The molecule has 19 heavy (non-hydrogen) atoms. The highest BCUT2D eigenvalue weighted by molar-refractivity contribution is 5.78. The van der Waals surface area contributed by atoms with Gasteiger partial charge >= 0.3 is 0 Å². The molecule has 0 saturated heterocycles. The molecule has 1 atom stereocenters. The molecule has 0 spiro atoms. The fraction of sp³-hybridized carbons (Fsp3) is 0.500. The van der Waals surface area contributed by atoms with E-state index in [1.165, 1.54) is 0 Å². The Morgan fingerprint density at radius 3 is 3.11 bits per heavy atom. The lowest BCUT2D eigenvalue weighted by Crippen LogP contribution is -2.35. The maximum atomic E-state index is 11.7. The third-order valence-corrected chi connectivity index (χ3v) is 3.16. The third-order valence-electron chi connectivity index (χ3n) is 3.16. The number of fused-ring (bicyclic) bond motifs is 1. The van der Waals surface area contributed by atoms with Crippen LogP contribution in [-0.4, -0.2) is 33.2 Å². The topological polar surface area (TPSA) is 59.6 Å². The molecule has 1 amide bonds. The highest BCUT2D eigenvalue weighted by atomic mass is 16.5. The minimum atomic E-state index is -0.0200. The zero-order valence-corrected chi connectivity index (χ0v) is 11.4. The Balaban J connectivity index is 2.22. The number of methoxy groups -OCH3 is 1. The van der Waals surface area contributed by atoms with Crippen LogP contribution < -0.4 is 20.1 Å². The third kappa shape index (κ3) is 3.38. The van der Waals surface area contributed by atoms with Gasteiger partial charge in [0.2, 0.25) is 5.91 Å². The first kappa shape index (κ1) is 13.7. The number of hydrogen-bond acceptors (Lipinski definition) is 4. The van der Waals surface area contributed by atoms with Crippen molar-refractivity contribution in [2.75, 3.05) is 27.3 Å². The van der Waals surface area contributed by atoms with E-state index in [0.717, 1.165) is 29.9 Å². The summed E-state index contributed by atoms with van der Waals surface area (Å²) in [4.78, 5) is 11.7. The van der Waals surface area contributed by atoms with Gasteiger partial charge in [-0.3, -0.25) is 4.79 Å². The second kappa shape index (κ2) is 6.43. The second-order valence-electron chi connectivity index (χ2n) is 4.54. The summed E-state index contributed by atoms with van der Waals surface area (Å²) in [6, 6.07) is 5.69. The fourth-order valence-electron chi connectivity index (χ4n) is 2.24. The number of carbonyl (C=O) groups excluding carboxylic acids is 1. The van der Waals surface area contributed by atoms with Crippen molar-refractivity contribution in [2.24, 2.45) is 0 Å². The zero-order chi connectivity index (χ0) is 13.7. The monoisotopic (exact) mass is 264 g/mol. The molecule has 1 aliphatic rings. The van der Waals surface area contributed by atoms with Crippen LogP contribution in [-0.2, 0) is 4.79 Å². The predicted molar refractivity (Wildman–Crippen MR) is 72.5 cm³/mol. The molecule has 0 aromatic heterocycles. The highest BCUT2D eigenvalue weighted by Crippen LogP contribution is 2.34. The smallest absolute Gasteiger partial charge is 0.234 e. The van der Waals surface area contributed by atoms with Gasteiger partial charge in [-0.15, -0.1) is 0 Å². The van der Waals surface area contributed by atoms with Crippen LogP contribution in [0.1, 0.15) is 24.4 Å². The van der Waals surface area contributed by atoms with E-state index in [4.69, 9.17) is 9.47 Å². The van der Waals surface area contributed by atoms with Crippen molar-refractivity contribution < 1.29 is 14.3 Å². The number of benzene rings is 1. The average molecular weight is 264 g/mol. The first-order valence-corrected chi connectivity index (χ1v) is 6.49. The molecule has 5 heteroatoms. The van der Waals surface area contributed by atoms with Crippen molar-refractivity contribution in [3.05, 3.63) is 23.8 Å². The molecule has 2 N–H and O–H groups in total. The molecule has 1 heterocycles. The molecular formula is C14H20N2O3. The van der Waals surface area contributed by atoms with Gasteiger partial charge in [-0.25, -0.2) is 0 Å². The van der Waals surface area contributed by atoms with E-state index < -0.39 is 0 Å². The van der Waals surface area contributed by atoms with Gasteiger partial charge in [-0.1, -0.05) is 0 Å². The van der Waals surface area contributed by atoms with Gasteiger partial charge < -0.3 is 20.1 Å². The summed E-state index contributed by atoms with van der Waals surface area (Å²) in [5, 5.41) is 5.88. The standard InChI is InChI=1S/C14H20N2O3/c1-15-9-14(17)16-12-4-3-7-19-13-6-5-10(18-2)8-11(12)13/h5-6,8,12,15H,3-4,7,9H2,1-2H3,(H,16,17). The largest absolute Gasteiger partial charge is 0.497 e. The Labute approximate surface area is 113 Å². The normalized spacial score (nSPS) is 17.9. The van der Waals surface area contributed by atoms with Crippen LogP contribution in [0.25, 0.3) is 0 Å². The number of ether oxygens (including phenoxy) is 2. The highest BCUT2D eigenvalue weighted by Gasteiger charge is 2.21. The zero-order valence-electron chi connectivity index (χ0n) is 11.4. The molecule has 0 saturated carbocycles. The van der Waals surface area contributed by atoms with Gasteiger partial charge in [-0.05, 0) is 38.1 Å². The molecule has 1 unspecified atom stereocenters. The van der Waals surface area contributed by atoms with E-state index in [9.17, 15) is 4.79 Å². The Bertz CT molecular complexity index is 448. The second-order valence-corrected chi connectivity index (χ2v) is 4.54. The van der Waals surface area contributed by atoms with Crippen molar-refractivity contribution >= 4 is 5.91 Å². The van der Waals surface area contributed by atoms with Crippen molar-refractivity contribution in [3.8, 4) is 11.5 Å². The summed E-state index contributed by atoms with van der Waals surface area (Å²) in [7, 11) is 3.39. The molecule has 2 rings (SSSR count). The number of hydrogen-bond donors (Lipinski definition) is 2. The Kier molecular flexibility index (Phi) is 4.63. The number of likely N-dealkylation sites (N-methyl/N-ethyl adjacent to an activating group) is 1. The van der Waals surface area contributed by atoms with Crippen molar-refractivity contribution in [1.82, 2.24) is 10.6 Å². The first-order valence-electron chi connectivity index (χ1n) is 6.49. The molecule has 1 aliphatic heterocycles. The molecule has 0 radical (unpaired) electrons. The number of rotatable bonds is 4. The van der Waals surface area contributed by atoms with Crippen LogP contribution in [0.3, 0.4) is 0 Å². The van der Waals surface area contributed by atoms with Crippen molar-refractivity contribution in [1.29, 1.82) is 0 Å². The molecule has 5 nitrogen and oxygen atoms in total. The minimum Gasteiger partial charge on any atom is -0.497 e. The quantitative estimate of drug-likeness (QED) is 0.859. The number of carbonyl (C=O) groups is 1. The fourth-order valence-corrected chi connectivity index (χ4v) is 2.24. The SMILES string of the molecule is CNCC(=O)NC1CCCOc2ccc(OC)cc21. The van der Waals surface area contributed by atoms with Gasteiger partial charge in [0, 0.05) is 5.56 Å². The lowest BCUT2D eigenvalue weighted by molar-refractivity contribution is -0.120. The van der Waals surface area contributed by atoms with Crippen LogP contribution in [0.4, 0.5) is 0 Å². The molecule has 1 aromatic carbocycles. The van der Waals surface area contributed by atoms with Crippen molar-refractivity contribution in [3.63, 3.8) is 0 Å². The van der Waals surface area contributed by atoms with Gasteiger partial charge in [0.15, 0.2) is 0 Å². The lowest BCUT2D eigenvalue weighted by Gasteiger charge is -2.19. The van der Waals surface area contributed by atoms with Crippen LogP contribution in [0, 0.1) is 0 Å². The van der Waals surface area contributed by atoms with Crippen molar-refractivity contribution in [2.45, 2.75) is 18.9 Å². The average Bonchev–Trinajstić information content (AvgIpc) is 2.61. The van der Waals surface area contributed by atoms with Crippen LogP contribution >= 0.6 is 0 Å². The maximum absolute atomic E-state index is 11.7. The molecular weight excluding hydrogens is 244 g/mol. The van der Waals surface area contributed by atoms with Gasteiger partial charge in [0.1, 0.15) is 11.5 Å². The van der Waals surface area contributed by atoms with E-state index in [1.54, 1.807) is 14.2 Å². The summed E-state index contributed by atoms with van der Waals surface area (Å²) < 4.78 is 10.9. The molecule has 104 valence electrons. The van der Waals surface area contributed by atoms with Gasteiger partial charge in [0.05, 0.1) is 26.3 Å². The summed E-state index contributed by atoms with van der Waals surface area (Å²) in [5.41, 5.74) is 0.987. The summed E-state index contributed by atoms with van der Waals surface area (Å²) in [6.07, 6.45) is 1.79. The molecule has 0 aliphatic carbocycles. The van der Waals surface area contributed by atoms with E-state index in [-0.39, 0.29) is 11.9 Å². The van der Waals surface area contributed by atoms with Gasteiger partial charge in [-0.2, -0.15) is 0 Å².